The molecular formula is C18H20ClN3O4. The van der Waals surface area contributed by atoms with Gasteiger partial charge in [-0.15, -0.1) is 12.4 Å². The zero-order valence-electron chi connectivity index (χ0n) is 14.2. The molecule has 138 valence electrons. The molecule has 3 saturated heterocycles. The van der Waals surface area contributed by atoms with E-state index >= 15 is 0 Å². The number of benzene rings is 1. The Morgan fingerprint density at radius 3 is 2.54 bits per heavy atom. The minimum Gasteiger partial charge on any atom is -0.451 e. The Balaban J connectivity index is 0.00000196. The van der Waals surface area contributed by atoms with Gasteiger partial charge in [-0.05, 0) is 31.0 Å². The molecule has 1 amide bonds. The van der Waals surface area contributed by atoms with Gasteiger partial charge in [0.2, 0.25) is 0 Å². The van der Waals surface area contributed by atoms with Crippen LogP contribution in [0.1, 0.15) is 23.4 Å². The highest BCUT2D eigenvalue weighted by Gasteiger charge is 2.33. The Labute approximate surface area is 157 Å². The molecular weight excluding hydrogens is 358 g/mol. The molecule has 0 aliphatic carbocycles. The Morgan fingerprint density at radius 2 is 1.81 bits per heavy atom. The molecule has 0 unspecified atom stereocenters. The van der Waals surface area contributed by atoms with E-state index < -0.39 is 4.92 Å². The lowest BCUT2D eigenvalue weighted by Gasteiger charge is -2.30. The van der Waals surface area contributed by atoms with Crippen molar-refractivity contribution in [2.24, 2.45) is 0 Å². The van der Waals surface area contributed by atoms with Crippen molar-refractivity contribution in [2.75, 3.05) is 26.2 Å². The van der Waals surface area contributed by atoms with E-state index in [-0.39, 0.29) is 35.8 Å². The van der Waals surface area contributed by atoms with Gasteiger partial charge in [0.1, 0.15) is 5.76 Å². The van der Waals surface area contributed by atoms with Crippen LogP contribution in [0.15, 0.2) is 40.8 Å². The standard InChI is InChI=1S/C18H19N3O4.ClH/c22-18(20-12-11-19-9-7-13(20)8-10-19)17-6-5-16(25-17)14-3-1-2-4-15(14)21(23)24;/h1-6,13H,7-12H2;1H. The molecule has 1 aromatic carbocycles. The van der Waals surface area contributed by atoms with Crippen LogP contribution in [-0.2, 0) is 0 Å². The molecule has 3 aliphatic heterocycles. The molecule has 5 rings (SSSR count). The first kappa shape index (κ1) is 18.4. The maximum Gasteiger partial charge on any atom is 0.289 e. The summed E-state index contributed by atoms with van der Waals surface area (Å²) < 4.78 is 5.71. The third-order valence-electron chi connectivity index (χ3n) is 5.10. The summed E-state index contributed by atoms with van der Waals surface area (Å²) in [7, 11) is 0. The lowest BCUT2D eigenvalue weighted by molar-refractivity contribution is -0.384. The van der Waals surface area contributed by atoms with Gasteiger partial charge in [-0.25, -0.2) is 0 Å². The molecule has 1 aromatic heterocycles. The van der Waals surface area contributed by atoms with Crippen molar-refractivity contribution in [3.8, 4) is 11.3 Å². The molecule has 0 N–H and O–H groups in total. The minimum atomic E-state index is -0.443. The van der Waals surface area contributed by atoms with Gasteiger partial charge in [0.25, 0.3) is 11.6 Å². The van der Waals surface area contributed by atoms with Crippen molar-refractivity contribution in [2.45, 2.75) is 18.9 Å². The first-order chi connectivity index (χ1) is 12.1. The fourth-order valence-electron chi connectivity index (χ4n) is 3.73. The summed E-state index contributed by atoms with van der Waals surface area (Å²) in [6.07, 6.45) is 1.98. The maximum atomic E-state index is 12.9. The van der Waals surface area contributed by atoms with Crippen molar-refractivity contribution < 1.29 is 14.1 Å². The molecule has 8 heteroatoms. The first-order valence-electron chi connectivity index (χ1n) is 8.50. The molecule has 0 saturated carbocycles. The SMILES string of the molecule is Cl.O=C(c1ccc(-c2ccccc2[N+](=O)[O-])o1)N1CCN2CCC1CC2. The normalized spacial score (nSPS) is 21.8. The van der Waals surface area contributed by atoms with Gasteiger partial charge in [0.05, 0.1) is 10.5 Å². The number of hydrogen-bond donors (Lipinski definition) is 0. The fraction of sp³-hybridized carbons (Fsp3) is 0.389. The van der Waals surface area contributed by atoms with E-state index in [1.54, 1.807) is 30.3 Å². The highest BCUT2D eigenvalue weighted by Crippen LogP contribution is 2.32. The molecule has 3 aliphatic rings. The van der Waals surface area contributed by atoms with Crippen molar-refractivity contribution in [1.82, 2.24) is 9.80 Å². The van der Waals surface area contributed by atoms with Crippen LogP contribution < -0.4 is 0 Å². The second kappa shape index (κ2) is 7.47. The number of nitrogens with zero attached hydrogens (tertiary/aromatic N) is 3. The fourth-order valence-corrected chi connectivity index (χ4v) is 3.73. The summed E-state index contributed by atoms with van der Waals surface area (Å²) in [5.41, 5.74) is 0.353. The van der Waals surface area contributed by atoms with E-state index in [0.717, 1.165) is 32.5 Å². The smallest absolute Gasteiger partial charge is 0.289 e. The van der Waals surface area contributed by atoms with Crippen molar-refractivity contribution >= 4 is 24.0 Å². The Hall–Kier alpha value is -2.38. The number of halogens is 1. The third-order valence-corrected chi connectivity index (χ3v) is 5.10. The summed E-state index contributed by atoms with van der Waals surface area (Å²) in [6.45, 7) is 3.66. The molecule has 4 heterocycles. The predicted molar refractivity (Wildman–Crippen MR) is 98.5 cm³/mol. The maximum absolute atomic E-state index is 12.9. The Bertz CT molecular complexity index is 814. The second-order valence-electron chi connectivity index (χ2n) is 6.51. The van der Waals surface area contributed by atoms with Crippen molar-refractivity contribution in [3.05, 3.63) is 52.3 Å². The van der Waals surface area contributed by atoms with E-state index in [0.29, 0.717) is 17.9 Å². The van der Waals surface area contributed by atoms with Crippen LogP contribution in [0.4, 0.5) is 5.69 Å². The average molecular weight is 378 g/mol. The van der Waals surface area contributed by atoms with Crippen LogP contribution in [0.25, 0.3) is 11.3 Å². The molecule has 0 radical (unpaired) electrons. The van der Waals surface area contributed by atoms with Crippen LogP contribution in [-0.4, -0.2) is 52.9 Å². The molecule has 3 fully saturated rings. The topological polar surface area (TPSA) is 79.8 Å². The number of furan rings is 1. The van der Waals surface area contributed by atoms with Gasteiger partial charge >= 0.3 is 0 Å². The molecule has 0 spiro atoms. The predicted octanol–water partition coefficient (Wildman–Crippen LogP) is 3.20. The second-order valence-corrected chi connectivity index (χ2v) is 6.51. The quantitative estimate of drug-likeness (QED) is 0.606. The van der Waals surface area contributed by atoms with E-state index in [9.17, 15) is 14.9 Å². The number of para-hydroxylation sites is 1. The van der Waals surface area contributed by atoms with Gasteiger partial charge in [-0.3, -0.25) is 14.9 Å². The van der Waals surface area contributed by atoms with Gasteiger partial charge in [0, 0.05) is 38.3 Å². The van der Waals surface area contributed by atoms with Gasteiger partial charge < -0.3 is 14.2 Å². The summed E-state index contributed by atoms with van der Waals surface area (Å²) in [6, 6.07) is 9.90. The number of carbonyl (C=O) groups excluding carboxylic acids is 1. The summed E-state index contributed by atoms with van der Waals surface area (Å²) in [4.78, 5) is 27.9. The minimum absolute atomic E-state index is 0. The van der Waals surface area contributed by atoms with Crippen LogP contribution in [0, 0.1) is 10.1 Å². The number of nitro benzene ring substituents is 1. The number of nitro groups is 1. The number of rotatable bonds is 3. The zero-order valence-corrected chi connectivity index (χ0v) is 15.0. The van der Waals surface area contributed by atoms with E-state index in [1.807, 2.05) is 4.90 Å². The monoisotopic (exact) mass is 377 g/mol. The molecule has 2 aromatic rings. The van der Waals surface area contributed by atoms with E-state index in [4.69, 9.17) is 4.42 Å². The van der Waals surface area contributed by atoms with Crippen molar-refractivity contribution in [3.63, 3.8) is 0 Å². The first-order valence-corrected chi connectivity index (χ1v) is 8.50. The lowest BCUT2D eigenvalue weighted by Crippen LogP contribution is -2.41. The van der Waals surface area contributed by atoms with Gasteiger partial charge in [-0.1, -0.05) is 12.1 Å². The molecule has 0 atom stereocenters. The van der Waals surface area contributed by atoms with Crippen LogP contribution >= 0.6 is 12.4 Å². The third kappa shape index (κ3) is 3.32. The summed E-state index contributed by atoms with van der Waals surface area (Å²) >= 11 is 0. The number of hydrogen-bond acceptors (Lipinski definition) is 5. The molecule has 26 heavy (non-hydrogen) atoms. The van der Waals surface area contributed by atoms with Crippen LogP contribution in [0.5, 0.6) is 0 Å². The Kier molecular flexibility index (Phi) is 5.29. The highest BCUT2D eigenvalue weighted by molar-refractivity contribution is 5.92. The van der Waals surface area contributed by atoms with Crippen molar-refractivity contribution in [1.29, 1.82) is 0 Å². The highest BCUT2D eigenvalue weighted by atomic mass is 35.5. The van der Waals surface area contributed by atoms with E-state index in [2.05, 4.69) is 4.90 Å². The molecule has 2 bridgehead atoms. The number of carbonyl (C=O) groups is 1. The summed E-state index contributed by atoms with van der Waals surface area (Å²) in [5, 5.41) is 11.2. The lowest BCUT2D eigenvalue weighted by atomic mass is 10.1. The van der Waals surface area contributed by atoms with Crippen LogP contribution in [0.3, 0.4) is 0 Å². The number of piperidine rings is 1. The average Bonchev–Trinajstić information content (AvgIpc) is 2.94. The number of fused-ring (bicyclic) bond motifs is 4. The largest absolute Gasteiger partial charge is 0.451 e. The number of amides is 1. The zero-order chi connectivity index (χ0) is 17.4. The molecule has 7 nitrogen and oxygen atoms in total. The van der Waals surface area contributed by atoms with Gasteiger partial charge in [0.15, 0.2) is 5.76 Å². The van der Waals surface area contributed by atoms with Gasteiger partial charge in [-0.2, -0.15) is 0 Å². The summed E-state index contributed by atoms with van der Waals surface area (Å²) in [5.74, 6) is 0.464. The van der Waals surface area contributed by atoms with E-state index in [1.165, 1.54) is 6.07 Å². The van der Waals surface area contributed by atoms with Crippen LogP contribution in [0.2, 0.25) is 0 Å². The Morgan fingerprint density at radius 1 is 1.08 bits per heavy atom.